The van der Waals surface area contributed by atoms with E-state index in [1.54, 1.807) is 20.8 Å². The van der Waals surface area contributed by atoms with E-state index in [9.17, 15) is 9.59 Å². The van der Waals surface area contributed by atoms with Crippen LogP contribution in [0.5, 0.6) is 0 Å². The molecule has 0 radical (unpaired) electrons. The molecular weight excluding hydrogens is 226 g/mol. The highest BCUT2D eigenvalue weighted by Gasteiger charge is 2.35. The molecule has 0 aromatic carbocycles. The summed E-state index contributed by atoms with van der Waals surface area (Å²) in [6.07, 6.45) is -0.201. The van der Waals surface area contributed by atoms with Crippen molar-refractivity contribution >= 4 is 12.1 Å². The number of nitrogens with one attached hydrogen (secondary N) is 1. The highest BCUT2D eigenvalue weighted by Crippen LogP contribution is 2.18. The second-order valence-corrected chi connectivity index (χ2v) is 5.01. The molecule has 1 fully saturated rings. The summed E-state index contributed by atoms with van der Waals surface area (Å²) in [5.41, 5.74) is -0.600. The molecule has 1 saturated heterocycles. The lowest BCUT2D eigenvalue weighted by molar-refractivity contribution is -0.143. The Bertz CT molecular complexity index is 297. The number of carbonyl (C=O) groups is 2. The molecule has 6 heteroatoms. The van der Waals surface area contributed by atoms with Gasteiger partial charge in [0.25, 0.3) is 0 Å². The van der Waals surface area contributed by atoms with Crippen molar-refractivity contribution < 1.29 is 24.2 Å². The summed E-state index contributed by atoms with van der Waals surface area (Å²) in [6.45, 7) is 5.19. The van der Waals surface area contributed by atoms with E-state index in [1.807, 2.05) is 0 Å². The standard InChI is InChI=1S/C11H19NO5/c1-11(2,3)17-10(15)12-8-6-7(4-5-13)16-9(8)14/h7-8,13H,4-6H2,1-3H3,(H,12,15)/t7-,8+/m1/s1. The maximum Gasteiger partial charge on any atom is 0.408 e. The molecule has 2 N–H and O–H groups in total. The predicted molar refractivity (Wildman–Crippen MR) is 59.4 cm³/mol. The van der Waals surface area contributed by atoms with Crippen LogP contribution in [0.3, 0.4) is 0 Å². The van der Waals surface area contributed by atoms with Crippen LogP contribution in [-0.4, -0.2) is 41.5 Å². The third-order valence-electron chi connectivity index (χ3n) is 2.21. The molecule has 0 aromatic heterocycles. The van der Waals surface area contributed by atoms with Crippen molar-refractivity contribution in [3.8, 4) is 0 Å². The van der Waals surface area contributed by atoms with Gasteiger partial charge in [-0.15, -0.1) is 0 Å². The molecule has 1 aliphatic heterocycles. The number of alkyl carbamates (subject to hydrolysis) is 1. The molecule has 6 nitrogen and oxygen atoms in total. The van der Waals surface area contributed by atoms with Crippen molar-refractivity contribution in [3.05, 3.63) is 0 Å². The first-order valence-corrected chi connectivity index (χ1v) is 5.62. The van der Waals surface area contributed by atoms with Crippen molar-refractivity contribution in [1.29, 1.82) is 0 Å². The quantitative estimate of drug-likeness (QED) is 0.710. The van der Waals surface area contributed by atoms with Crippen LogP contribution in [0, 0.1) is 0 Å². The minimum Gasteiger partial charge on any atom is -0.461 e. The summed E-state index contributed by atoms with van der Waals surface area (Å²) in [6, 6.07) is -0.679. The lowest BCUT2D eigenvalue weighted by Crippen LogP contribution is -2.41. The number of esters is 1. The first-order chi connectivity index (χ1) is 7.81. The molecule has 0 bridgehead atoms. The number of aliphatic hydroxyl groups is 1. The number of rotatable bonds is 3. The van der Waals surface area contributed by atoms with Gasteiger partial charge in [0.2, 0.25) is 0 Å². The summed E-state index contributed by atoms with van der Waals surface area (Å²) in [7, 11) is 0. The Morgan fingerprint density at radius 1 is 1.59 bits per heavy atom. The van der Waals surface area contributed by atoms with Crippen LogP contribution in [0.25, 0.3) is 0 Å². The summed E-state index contributed by atoms with van der Waals surface area (Å²) in [5.74, 6) is -0.477. The number of amides is 1. The second-order valence-electron chi connectivity index (χ2n) is 5.01. The van der Waals surface area contributed by atoms with Gasteiger partial charge in [-0.1, -0.05) is 0 Å². The van der Waals surface area contributed by atoms with Gasteiger partial charge >= 0.3 is 12.1 Å². The molecule has 0 aliphatic carbocycles. The lowest BCUT2D eigenvalue weighted by Gasteiger charge is -2.20. The zero-order chi connectivity index (χ0) is 13.1. The monoisotopic (exact) mass is 245 g/mol. The summed E-state index contributed by atoms with van der Waals surface area (Å²) < 4.78 is 10.0. The van der Waals surface area contributed by atoms with Crippen molar-refractivity contribution in [3.63, 3.8) is 0 Å². The first-order valence-electron chi connectivity index (χ1n) is 5.62. The number of cyclic esters (lactones) is 1. The van der Waals surface area contributed by atoms with Gasteiger partial charge in [-0.2, -0.15) is 0 Å². The fourth-order valence-electron chi connectivity index (χ4n) is 1.54. The lowest BCUT2D eigenvalue weighted by atomic mass is 10.1. The van der Waals surface area contributed by atoms with Gasteiger partial charge in [-0.05, 0) is 20.8 Å². The van der Waals surface area contributed by atoms with Crippen LogP contribution in [0.2, 0.25) is 0 Å². The van der Waals surface area contributed by atoms with Crippen molar-refractivity contribution in [2.24, 2.45) is 0 Å². The van der Waals surface area contributed by atoms with Crippen LogP contribution in [-0.2, 0) is 14.3 Å². The van der Waals surface area contributed by atoms with E-state index >= 15 is 0 Å². The van der Waals surface area contributed by atoms with Crippen LogP contribution < -0.4 is 5.32 Å². The minimum atomic E-state index is -0.679. The van der Waals surface area contributed by atoms with Gasteiger partial charge in [-0.25, -0.2) is 9.59 Å². The highest BCUT2D eigenvalue weighted by atomic mass is 16.6. The molecular formula is C11H19NO5. The van der Waals surface area contributed by atoms with E-state index in [2.05, 4.69) is 5.32 Å². The molecule has 0 aromatic rings. The van der Waals surface area contributed by atoms with Crippen LogP contribution in [0.15, 0.2) is 0 Å². The molecule has 1 heterocycles. The average Bonchev–Trinajstić information content (AvgIpc) is 2.44. The largest absolute Gasteiger partial charge is 0.461 e. The molecule has 0 unspecified atom stereocenters. The molecule has 98 valence electrons. The molecule has 1 amide bonds. The Kier molecular flexibility index (Phi) is 4.34. The van der Waals surface area contributed by atoms with Gasteiger partial charge in [0, 0.05) is 19.4 Å². The molecule has 0 saturated carbocycles. The topological polar surface area (TPSA) is 84.9 Å². The number of carbonyl (C=O) groups excluding carboxylic acids is 2. The predicted octanol–water partition coefficient (Wildman–Crippen LogP) is 0.578. The zero-order valence-electron chi connectivity index (χ0n) is 10.4. The molecule has 0 spiro atoms. The summed E-state index contributed by atoms with van der Waals surface area (Å²) in [5, 5.41) is 11.2. The van der Waals surface area contributed by atoms with Crippen LogP contribution >= 0.6 is 0 Å². The minimum absolute atomic E-state index is 0.0445. The van der Waals surface area contributed by atoms with Gasteiger partial charge in [-0.3, -0.25) is 0 Å². The Morgan fingerprint density at radius 3 is 2.76 bits per heavy atom. The Balaban J connectivity index is 2.42. The first kappa shape index (κ1) is 13.8. The van der Waals surface area contributed by atoms with E-state index in [0.29, 0.717) is 12.8 Å². The van der Waals surface area contributed by atoms with E-state index in [-0.39, 0.29) is 12.7 Å². The number of hydrogen-bond donors (Lipinski definition) is 2. The van der Waals surface area contributed by atoms with Gasteiger partial charge in [0.15, 0.2) is 0 Å². The Labute approximate surface area is 100 Å². The highest BCUT2D eigenvalue weighted by molar-refractivity contribution is 5.83. The Morgan fingerprint density at radius 2 is 2.24 bits per heavy atom. The smallest absolute Gasteiger partial charge is 0.408 e. The molecule has 2 atom stereocenters. The van der Waals surface area contributed by atoms with Gasteiger partial charge in [0.05, 0.1) is 0 Å². The maximum atomic E-state index is 11.4. The van der Waals surface area contributed by atoms with Crippen molar-refractivity contribution in [2.45, 2.75) is 51.4 Å². The third-order valence-corrected chi connectivity index (χ3v) is 2.21. The summed E-state index contributed by atoms with van der Waals surface area (Å²) >= 11 is 0. The van der Waals surface area contributed by atoms with Crippen LogP contribution in [0.1, 0.15) is 33.6 Å². The van der Waals surface area contributed by atoms with E-state index < -0.39 is 23.7 Å². The van der Waals surface area contributed by atoms with Gasteiger partial charge < -0.3 is 19.9 Å². The van der Waals surface area contributed by atoms with Crippen molar-refractivity contribution in [2.75, 3.05) is 6.61 Å². The number of aliphatic hydroxyl groups excluding tert-OH is 1. The maximum absolute atomic E-state index is 11.4. The molecule has 1 rings (SSSR count). The van der Waals surface area contributed by atoms with E-state index in [4.69, 9.17) is 14.6 Å². The Hall–Kier alpha value is -1.30. The zero-order valence-corrected chi connectivity index (χ0v) is 10.4. The average molecular weight is 245 g/mol. The van der Waals surface area contributed by atoms with Crippen molar-refractivity contribution in [1.82, 2.24) is 5.32 Å². The normalized spacial score (nSPS) is 24.4. The SMILES string of the molecule is CC(C)(C)OC(=O)N[C@H]1C[C@@H](CCO)OC1=O. The number of hydrogen-bond acceptors (Lipinski definition) is 5. The molecule has 1 aliphatic rings. The van der Waals surface area contributed by atoms with Gasteiger partial charge in [0.1, 0.15) is 17.7 Å². The second kappa shape index (κ2) is 5.35. The number of ether oxygens (including phenoxy) is 2. The van der Waals surface area contributed by atoms with E-state index in [1.165, 1.54) is 0 Å². The molecule has 17 heavy (non-hydrogen) atoms. The van der Waals surface area contributed by atoms with E-state index in [0.717, 1.165) is 0 Å². The summed E-state index contributed by atoms with van der Waals surface area (Å²) in [4.78, 5) is 22.8. The fourth-order valence-corrected chi connectivity index (χ4v) is 1.54. The third kappa shape index (κ3) is 4.60. The van der Waals surface area contributed by atoms with Crippen LogP contribution in [0.4, 0.5) is 4.79 Å². The fraction of sp³-hybridized carbons (Fsp3) is 0.818.